The van der Waals surface area contributed by atoms with E-state index in [-0.39, 0.29) is 0 Å². The maximum Gasteiger partial charge on any atom is 0.308 e. The average Bonchev–Trinajstić information content (AvgIpc) is 2.74. The molecule has 0 amide bonds. The molecule has 1 aromatic carbocycles. The molecule has 0 bridgehead atoms. The van der Waals surface area contributed by atoms with Crippen LogP contribution in [-0.2, 0) is 6.54 Å². The minimum Gasteiger partial charge on any atom is -0.134 e. The van der Waals surface area contributed by atoms with Crippen molar-refractivity contribution in [3.05, 3.63) is 42.0 Å². The third kappa shape index (κ3) is 5.04. The second kappa shape index (κ2) is 12.7. The van der Waals surface area contributed by atoms with Crippen LogP contribution in [-0.4, -0.2) is 64.5 Å². The Morgan fingerprint density at radius 3 is 1.43 bits per heavy atom. The Morgan fingerprint density at radius 1 is 0.679 bits per heavy atom. The molecule has 0 spiro atoms. The molecular weight excluding hydrogens is 363 g/mol. The fourth-order valence-corrected chi connectivity index (χ4v) is 9.50. The second-order valence-corrected chi connectivity index (χ2v) is 10.2. The van der Waals surface area contributed by atoms with Crippen molar-refractivity contribution < 1.29 is 0 Å². The van der Waals surface area contributed by atoms with E-state index in [9.17, 15) is 0 Å². The molecular formula is C23H44N4P+. The number of rotatable bonds is 14. The van der Waals surface area contributed by atoms with E-state index in [4.69, 9.17) is 0 Å². The van der Waals surface area contributed by atoms with Gasteiger partial charge in [-0.15, -0.1) is 18.7 Å². The zero-order chi connectivity index (χ0) is 21.2. The van der Waals surface area contributed by atoms with Crippen LogP contribution in [0.2, 0.25) is 0 Å². The van der Waals surface area contributed by atoms with E-state index in [0.717, 1.165) is 52.4 Å². The van der Waals surface area contributed by atoms with Crippen molar-refractivity contribution in [2.75, 3.05) is 45.8 Å². The first kappa shape index (κ1) is 25.3. The maximum atomic E-state index is 4.05. The van der Waals surface area contributed by atoms with Crippen molar-refractivity contribution in [3.63, 3.8) is 0 Å². The molecule has 0 atom stereocenters. The van der Waals surface area contributed by atoms with Gasteiger partial charge in [-0.05, 0) is 59.6 Å². The highest BCUT2D eigenvalue weighted by molar-refractivity contribution is 7.66. The first-order chi connectivity index (χ1) is 13.5. The molecule has 1 rings (SSSR count). The summed E-state index contributed by atoms with van der Waals surface area (Å²) in [6.07, 6.45) is 2.00. The van der Waals surface area contributed by atoms with Gasteiger partial charge in [0.25, 0.3) is 0 Å². The fraction of sp³-hybridized carbons (Fsp3) is 0.652. The average molecular weight is 408 g/mol. The van der Waals surface area contributed by atoms with Crippen LogP contribution in [0.5, 0.6) is 0 Å². The molecule has 0 heterocycles. The molecule has 0 saturated carbocycles. The normalized spacial score (nSPS) is 12.5. The zero-order valence-electron chi connectivity index (χ0n) is 19.5. The predicted octanol–water partition coefficient (Wildman–Crippen LogP) is 5.85. The van der Waals surface area contributed by atoms with Gasteiger partial charge < -0.3 is 0 Å². The number of nitrogens with zero attached hydrogens (tertiary/aromatic N) is 4. The molecule has 0 radical (unpaired) electrons. The van der Waals surface area contributed by atoms with E-state index >= 15 is 0 Å². The van der Waals surface area contributed by atoms with Gasteiger partial charge in [0.1, 0.15) is 0 Å². The molecule has 1 aromatic rings. The second-order valence-electron chi connectivity index (χ2n) is 6.84. The van der Waals surface area contributed by atoms with Crippen molar-refractivity contribution in [3.8, 4) is 0 Å². The smallest absolute Gasteiger partial charge is 0.134 e. The number of hydrogen-bond donors (Lipinski definition) is 0. The summed E-state index contributed by atoms with van der Waals surface area (Å²) in [5, 5.41) is 0. The summed E-state index contributed by atoms with van der Waals surface area (Å²) in [7, 11) is -1.83. The van der Waals surface area contributed by atoms with Crippen LogP contribution in [0.1, 0.15) is 59.6 Å². The van der Waals surface area contributed by atoms with Gasteiger partial charge in [-0.2, -0.15) is 0 Å². The Balaban J connectivity index is 3.64. The monoisotopic (exact) mass is 407 g/mol. The van der Waals surface area contributed by atoms with Crippen LogP contribution < -0.4 is 0 Å². The summed E-state index contributed by atoms with van der Waals surface area (Å²) in [6.45, 7) is 28.7. The summed E-state index contributed by atoms with van der Waals surface area (Å²) in [5.41, 5.74) is 2.62. The Hall–Kier alpha value is -0.770. The molecule has 0 aliphatic rings. The Bertz CT molecular complexity index is 534. The predicted molar refractivity (Wildman–Crippen MR) is 128 cm³/mol. The Labute approximate surface area is 175 Å². The molecule has 160 valence electrons. The standard InChI is InChI=1S/C23H44N4P/c1-9-22-19-17-18-20-23(22)21-27(16-8)28(24(10-2)11-3,25(12-4)13-5)26(14-6)15-7/h9,17-20H,1,10-16,21H2,2-8H3/q+1. The minimum atomic E-state index is -1.83. The lowest BCUT2D eigenvalue weighted by Gasteiger charge is -2.50. The Morgan fingerprint density at radius 2 is 1.07 bits per heavy atom. The molecule has 0 aliphatic carbocycles. The van der Waals surface area contributed by atoms with Gasteiger partial charge in [-0.25, -0.2) is 0 Å². The summed E-state index contributed by atoms with van der Waals surface area (Å²) in [6, 6.07) is 8.71. The van der Waals surface area contributed by atoms with Crippen molar-refractivity contribution in [1.29, 1.82) is 0 Å². The van der Waals surface area contributed by atoms with Crippen molar-refractivity contribution >= 4 is 13.9 Å². The van der Waals surface area contributed by atoms with Gasteiger partial charge in [0.05, 0.1) is 6.54 Å². The topological polar surface area (TPSA) is 13.0 Å². The Kier molecular flexibility index (Phi) is 11.5. The van der Waals surface area contributed by atoms with Gasteiger partial charge in [-0.1, -0.05) is 36.9 Å². The molecule has 0 fully saturated rings. The zero-order valence-corrected chi connectivity index (χ0v) is 20.4. The molecule has 28 heavy (non-hydrogen) atoms. The third-order valence-electron chi connectivity index (χ3n) is 5.70. The highest BCUT2D eigenvalue weighted by Gasteiger charge is 2.58. The van der Waals surface area contributed by atoms with Crippen LogP contribution in [0.25, 0.3) is 6.08 Å². The summed E-state index contributed by atoms with van der Waals surface area (Å²) in [4.78, 5) is 0. The molecule has 0 aliphatic heterocycles. The molecule has 0 N–H and O–H groups in total. The van der Waals surface area contributed by atoms with E-state index in [0.29, 0.717) is 0 Å². The van der Waals surface area contributed by atoms with Gasteiger partial charge in [0.2, 0.25) is 0 Å². The maximum absolute atomic E-state index is 4.05. The van der Waals surface area contributed by atoms with E-state index in [1.807, 2.05) is 6.08 Å². The van der Waals surface area contributed by atoms with Crippen molar-refractivity contribution in [2.45, 2.75) is 55.0 Å². The highest BCUT2D eigenvalue weighted by atomic mass is 31.2. The van der Waals surface area contributed by atoms with Crippen LogP contribution in [0, 0.1) is 0 Å². The molecule has 4 nitrogen and oxygen atoms in total. The molecule has 0 aromatic heterocycles. The lowest BCUT2D eigenvalue weighted by atomic mass is 10.1. The van der Waals surface area contributed by atoms with Gasteiger partial charge in [0.15, 0.2) is 0 Å². The van der Waals surface area contributed by atoms with Crippen molar-refractivity contribution in [1.82, 2.24) is 18.7 Å². The van der Waals surface area contributed by atoms with Crippen LogP contribution in [0.4, 0.5) is 0 Å². The summed E-state index contributed by atoms with van der Waals surface area (Å²) in [5.74, 6) is 0. The fourth-order valence-electron chi connectivity index (χ4n) is 4.35. The minimum absolute atomic E-state index is 0.954. The van der Waals surface area contributed by atoms with Gasteiger partial charge in [0, 0.05) is 45.8 Å². The molecule has 5 heteroatoms. The molecule has 0 unspecified atom stereocenters. The lowest BCUT2D eigenvalue weighted by molar-refractivity contribution is 0.255. The SMILES string of the molecule is C=Cc1ccccc1CN(CC)[P+](N(CC)CC)(N(CC)CC)N(CC)CC. The van der Waals surface area contributed by atoms with E-state index in [1.54, 1.807) is 0 Å². The summed E-state index contributed by atoms with van der Waals surface area (Å²) < 4.78 is 11.0. The first-order valence-corrected chi connectivity index (χ1v) is 12.8. The van der Waals surface area contributed by atoms with Crippen LogP contribution >= 0.6 is 7.87 Å². The number of benzene rings is 1. The van der Waals surface area contributed by atoms with E-state index < -0.39 is 7.87 Å². The highest BCUT2D eigenvalue weighted by Crippen LogP contribution is 2.70. The first-order valence-electron chi connectivity index (χ1n) is 11.2. The molecule has 0 saturated heterocycles. The van der Waals surface area contributed by atoms with E-state index in [1.165, 1.54) is 11.1 Å². The number of hydrogen-bond acceptors (Lipinski definition) is 4. The van der Waals surface area contributed by atoms with Crippen molar-refractivity contribution in [2.24, 2.45) is 0 Å². The van der Waals surface area contributed by atoms with Gasteiger partial charge >= 0.3 is 7.87 Å². The van der Waals surface area contributed by atoms with Crippen LogP contribution in [0.15, 0.2) is 30.8 Å². The third-order valence-corrected chi connectivity index (χ3v) is 10.9. The summed E-state index contributed by atoms with van der Waals surface area (Å²) >= 11 is 0. The lowest BCUT2D eigenvalue weighted by Crippen LogP contribution is -2.52. The largest absolute Gasteiger partial charge is 0.308 e. The van der Waals surface area contributed by atoms with Crippen LogP contribution in [0.3, 0.4) is 0 Å². The van der Waals surface area contributed by atoms with Gasteiger partial charge in [-0.3, -0.25) is 0 Å². The quantitative estimate of drug-likeness (QED) is 0.358. The van der Waals surface area contributed by atoms with E-state index in [2.05, 4.69) is 98.0 Å².